The molecule has 0 aliphatic heterocycles. The fourth-order valence-corrected chi connectivity index (χ4v) is 1.78. The molecule has 108 valence electrons. The SMILES string of the molecule is CCC(C)(O)CNCc1nc(Cc2ccccc2)no1. The van der Waals surface area contributed by atoms with Gasteiger partial charge >= 0.3 is 0 Å². The van der Waals surface area contributed by atoms with Crippen LogP contribution in [0.4, 0.5) is 0 Å². The van der Waals surface area contributed by atoms with Gasteiger partial charge in [0.05, 0.1) is 12.1 Å². The molecule has 0 saturated carbocycles. The van der Waals surface area contributed by atoms with Crippen molar-refractivity contribution in [1.29, 1.82) is 0 Å². The van der Waals surface area contributed by atoms with Gasteiger partial charge in [0.2, 0.25) is 5.89 Å². The standard InChI is InChI=1S/C15H21N3O2/c1-3-15(2,19)11-16-10-14-17-13(18-20-14)9-12-7-5-4-6-8-12/h4-8,16,19H,3,9-11H2,1-2H3. The molecule has 1 aromatic heterocycles. The Morgan fingerprint density at radius 3 is 2.75 bits per heavy atom. The van der Waals surface area contributed by atoms with E-state index in [0.29, 0.717) is 37.6 Å². The molecule has 2 aromatic rings. The molecule has 1 atom stereocenters. The highest BCUT2D eigenvalue weighted by Gasteiger charge is 2.17. The maximum Gasteiger partial charge on any atom is 0.240 e. The number of benzene rings is 1. The van der Waals surface area contributed by atoms with Crippen LogP contribution < -0.4 is 5.32 Å². The molecule has 2 N–H and O–H groups in total. The monoisotopic (exact) mass is 275 g/mol. The normalized spacial score (nSPS) is 14.2. The summed E-state index contributed by atoms with van der Waals surface area (Å²) in [7, 11) is 0. The van der Waals surface area contributed by atoms with Crippen molar-refractivity contribution in [2.75, 3.05) is 6.54 Å². The van der Waals surface area contributed by atoms with Gasteiger partial charge in [-0.25, -0.2) is 0 Å². The van der Waals surface area contributed by atoms with E-state index < -0.39 is 5.60 Å². The van der Waals surface area contributed by atoms with E-state index in [-0.39, 0.29) is 0 Å². The highest BCUT2D eigenvalue weighted by Crippen LogP contribution is 2.08. The average molecular weight is 275 g/mol. The predicted octanol–water partition coefficient (Wildman–Crippen LogP) is 1.91. The van der Waals surface area contributed by atoms with Gasteiger partial charge in [-0.15, -0.1) is 0 Å². The fourth-order valence-electron chi connectivity index (χ4n) is 1.78. The van der Waals surface area contributed by atoms with E-state index in [2.05, 4.69) is 15.5 Å². The topological polar surface area (TPSA) is 71.2 Å². The molecule has 20 heavy (non-hydrogen) atoms. The second-order valence-electron chi connectivity index (χ2n) is 5.22. The lowest BCUT2D eigenvalue weighted by Crippen LogP contribution is -2.36. The zero-order valence-corrected chi connectivity index (χ0v) is 12.0. The van der Waals surface area contributed by atoms with Crippen LogP contribution in [0.1, 0.15) is 37.5 Å². The quantitative estimate of drug-likeness (QED) is 0.807. The number of rotatable bonds is 7. The fraction of sp³-hybridized carbons (Fsp3) is 0.467. The van der Waals surface area contributed by atoms with Crippen LogP contribution in [0.25, 0.3) is 0 Å². The molecule has 2 rings (SSSR count). The first-order valence-corrected chi connectivity index (χ1v) is 6.87. The third-order valence-corrected chi connectivity index (χ3v) is 3.26. The largest absolute Gasteiger partial charge is 0.389 e. The van der Waals surface area contributed by atoms with Crippen LogP contribution in [0, 0.1) is 0 Å². The second kappa shape index (κ2) is 6.63. The van der Waals surface area contributed by atoms with Gasteiger partial charge in [0.1, 0.15) is 0 Å². The first-order valence-electron chi connectivity index (χ1n) is 6.87. The van der Waals surface area contributed by atoms with E-state index in [1.807, 2.05) is 37.3 Å². The van der Waals surface area contributed by atoms with E-state index in [4.69, 9.17) is 4.52 Å². The van der Waals surface area contributed by atoms with Gasteiger partial charge in [-0.05, 0) is 18.9 Å². The third-order valence-electron chi connectivity index (χ3n) is 3.26. The molecule has 0 aliphatic carbocycles. The third kappa shape index (κ3) is 4.43. The summed E-state index contributed by atoms with van der Waals surface area (Å²) in [4.78, 5) is 4.33. The Balaban J connectivity index is 1.84. The molecule has 0 saturated heterocycles. The second-order valence-corrected chi connectivity index (χ2v) is 5.22. The van der Waals surface area contributed by atoms with Crippen molar-refractivity contribution in [2.24, 2.45) is 0 Å². The van der Waals surface area contributed by atoms with Crippen LogP contribution >= 0.6 is 0 Å². The molecule has 0 spiro atoms. The summed E-state index contributed by atoms with van der Waals surface area (Å²) in [5.74, 6) is 1.22. The van der Waals surface area contributed by atoms with Crippen molar-refractivity contribution in [2.45, 2.75) is 38.8 Å². The summed E-state index contributed by atoms with van der Waals surface area (Å²) in [5.41, 5.74) is 0.453. The summed E-state index contributed by atoms with van der Waals surface area (Å²) in [6.07, 6.45) is 1.36. The van der Waals surface area contributed by atoms with Crippen molar-refractivity contribution in [3.05, 3.63) is 47.6 Å². The maximum absolute atomic E-state index is 9.87. The number of nitrogens with one attached hydrogen (secondary N) is 1. The van der Waals surface area contributed by atoms with Gasteiger partial charge in [0, 0.05) is 13.0 Å². The smallest absolute Gasteiger partial charge is 0.240 e. The highest BCUT2D eigenvalue weighted by atomic mass is 16.5. The molecule has 0 radical (unpaired) electrons. The molecule has 0 aliphatic rings. The van der Waals surface area contributed by atoms with Crippen LogP contribution in [-0.2, 0) is 13.0 Å². The average Bonchev–Trinajstić information content (AvgIpc) is 2.87. The van der Waals surface area contributed by atoms with E-state index in [9.17, 15) is 5.11 Å². The van der Waals surface area contributed by atoms with Gasteiger partial charge in [-0.1, -0.05) is 42.4 Å². The van der Waals surface area contributed by atoms with Crippen LogP contribution in [0.15, 0.2) is 34.9 Å². The summed E-state index contributed by atoms with van der Waals surface area (Å²) in [5, 5.41) is 17.0. The highest BCUT2D eigenvalue weighted by molar-refractivity contribution is 5.18. The molecule has 1 heterocycles. The Morgan fingerprint density at radius 1 is 1.30 bits per heavy atom. The first kappa shape index (κ1) is 14.7. The van der Waals surface area contributed by atoms with Gasteiger partial charge < -0.3 is 14.9 Å². The van der Waals surface area contributed by atoms with Gasteiger partial charge in [-0.2, -0.15) is 4.98 Å². The zero-order chi connectivity index (χ0) is 14.4. The van der Waals surface area contributed by atoms with Gasteiger partial charge in [-0.3, -0.25) is 0 Å². The number of nitrogens with zero attached hydrogens (tertiary/aromatic N) is 2. The van der Waals surface area contributed by atoms with Crippen LogP contribution in [0.5, 0.6) is 0 Å². The lowest BCUT2D eigenvalue weighted by molar-refractivity contribution is 0.0549. The van der Waals surface area contributed by atoms with Gasteiger partial charge in [0.15, 0.2) is 5.82 Å². The van der Waals surface area contributed by atoms with E-state index >= 15 is 0 Å². The van der Waals surface area contributed by atoms with Crippen LogP contribution in [0.2, 0.25) is 0 Å². The minimum Gasteiger partial charge on any atom is -0.389 e. The Labute approximate surface area is 119 Å². The molecular weight excluding hydrogens is 254 g/mol. The summed E-state index contributed by atoms with van der Waals surface area (Å²) in [6, 6.07) is 10.0. The van der Waals surface area contributed by atoms with E-state index in [0.717, 1.165) is 5.56 Å². The van der Waals surface area contributed by atoms with Crippen LogP contribution in [-0.4, -0.2) is 27.4 Å². The Hall–Kier alpha value is -1.72. The molecule has 0 amide bonds. The first-order chi connectivity index (χ1) is 9.59. The molecule has 1 aromatic carbocycles. The zero-order valence-electron chi connectivity index (χ0n) is 12.0. The Kier molecular flexibility index (Phi) is 4.87. The van der Waals surface area contributed by atoms with Crippen molar-refractivity contribution < 1.29 is 9.63 Å². The van der Waals surface area contributed by atoms with Gasteiger partial charge in [0.25, 0.3) is 0 Å². The Bertz CT molecular complexity index is 523. The van der Waals surface area contributed by atoms with Crippen LogP contribution in [0.3, 0.4) is 0 Å². The molecular formula is C15H21N3O2. The number of aliphatic hydroxyl groups is 1. The summed E-state index contributed by atoms with van der Waals surface area (Å²) < 4.78 is 5.18. The van der Waals surface area contributed by atoms with Crippen molar-refractivity contribution in [1.82, 2.24) is 15.5 Å². The maximum atomic E-state index is 9.87. The number of aromatic nitrogens is 2. The lowest BCUT2D eigenvalue weighted by Gasteiger charge is -2.20. The molecule has 5 heteroatoms. The minimum absolute atomic E-state index is 0.470. The van der Waals surface area contributed by atoms with Crippen molar-refractivity contribution in [3.63, 3.8) is 0 Å². The predicted molar refractivity (Wildman–Crippen MR) is 76.2 cm³/mol. The molecule has 5 nitrogen and oxygen atoms in total. The molecule has 0 bridgehead atoms. The minimum atomic E-state index is -0.701. The molecule has 1 unspecified atom stereocenters. The van der Waals surface area contributed by atoms with E-state index in [1.54, 1.807) is 6.92 Å². The number of hydrogen-bond acceptors (Lipinski definition) is 5. The van der Waals surface area contributed by atoms with E-state index in [1.165, 1.54) is 0 Å². The lowest BCUT2D eigenvalue weighted by atomic mass is 10.0. The molecule has 0 fully saturated rings. The Morgan fingerprint density at radius 2 is 2.05 bits per heavy atom. The summed E-state index contributed by atoms with van der Waals surface area (Å²) in [6.45, 7) is 4.72. The van der Waals surface area contributed by atoms with Crippen molar-refractivity contribution in [3.8, 4) is 0 Å². The van der Waals surface area contributed by atoms with Crippen molar-refractivity contribution >= 4 is 0 Å². The number of hydrogen-bond donors (Lipinski definition) is 2. The summed E-state index contributed by atoms with van der Waals surface area (Å²) >= 11 is 0.